The SMILES string of the molecule is ClCc1nc2c(Cl)cccc2n1C1CCN2CCCC12. The van der Waals surface area contributed by atoms with E-state index in [1.54, 1.807) is 0 Å². The van der Waals surface area contributed by atoms with Crippen LogP contribution in [0.5, 0.6) is 0 Å². The number of para-hydroxylation sites is 1. The van der Waals surface area contributed by atoms with Gasteiger partial charge in [-0.15, -0.1) is 11.6 Å². The minimum Gasteiger partial charge on any atom is -0.322 e. The molecule has 2 unspecified atom stereocenters. The van der Waals surface area contributed by atoms with Crippen LogP contribution in [-0.4, -0.2) is 33.6 Å². The molecule has 0 N–H and O–H groups in total. The Kier molecular flexibility index (Phi) is 3.17. The van der Waals surface area contributed by atoms with Crippen molar-refractivity contribution in [3.8, 4) is 0 Å². The quantitative estimate of drug-likeness (QED) is 0.786. The number of imidazole rings is 1. The molecule has 0 radical (unpaired) electrons. The summed E-state index contributed by atoms with van der Waals surface area (Å²) in [5.74, 6) is 1.39. The molecule has 0 saturated carbocycles. The van der Waals surface area contributed by atoms with Gasteiger partial charge in [-0.1, -0.05) is 17.7 Å². The summed E-state index contributed by atoms with van der Waals surface area (Å²) in [6.07, 6.45) is 3.78. The van der Waals surface area contributed by atoms with Crippen molar-refractivity contribution in [1.29, 1.82) is 0 Å². The molecule has 0 amide bonds. The van der Waals surface area contributed by atoms with Crippen molar-refractivity contribution in [3.05, 3.63) is 29.0 Å². The molecule has 4 rings (SSSR count). The van der Waals surface area contributed by atoms with Crippen LogP contribution in [-0.2, 0) is 5.88 Å². The maximum absolute atomic E-state index is 6.29. The van der Waals surface area contributed by atoms with E-state index in [2.05, 4.69) is 20.5 Å². The van der Waals surface area contributed by atoms with Gasteiger partial charge in [-0.3, -0.25) is 4.90 Å². The molecule has 1 aromatic heterocycles. The lowest BCUT2D eigenvalue weighted by molar-refractivity contribution is 0.290. The zero-order chi connectivity index (χ0) is 13.7. The van der Waals surface area contributed by atoms with E-state index in [-0.39, 0.29) is 0 Å². The van der Waals surface area contributed by atoms with Gasteiger partial charge in [-0.25, -0.2) is 4.98 Å². The molecule has 2 fully saturated rings. The summed E-state index contributed by atoms with van der Waals surface area (Å²) < 4.78 is 2.35. The van der Waals surface area contributed by atoms with Crippen molar-refractivity contribution in [1.82, 2.24) is 14.5 Å². The average Bonchev–Trinajstić information content (AvgIpc) is 3.11. The lowest BCUT2D eigenvalue weighted by atomic mass is 10.1. The third kappa shape index (κ3) is 1.80. The molecule has 2 atom stereocenters. The fraction of sp³-hybridized carbons (Fsp3) is 0.533. The summed E-state index contributed by atoms with van der Waals surface area (Å²) >= 11 is 12.4. The number of alkyl halides is 1. The van der Waals surface area contributed by atoms with E-state index in [0.29, 0.717) is 23.0 Å². The van der Waals surface area contributed by atoms with Gasteiger partial charge < -0.3 is 4.57 Å². The van der Waals surface area contributed by atoms with Gasteiger partial charge in [-0.05, 0) is 37.9 Å². The molecule has 3 nitrogen and oxygen atoms in total. The van der Waals surface area contributed by atoms with E-state index in [4.69, 9.17) is 23.2 Å². The number of hydrogen-bond acceptors (Lipinski definition) is 2. The second-order valence-corrected chi connectivity index (χ2v) is 6.42. The first kappa shape index (κ1) is 12.9. The molecule has 2 aliphatic heterocycles. The topological polar surface area (TPSA) is 21.1 Å². The first-order valence-electron chi connectivity index (χ1n) is 7.25. The first-order valence-corrected chi connectivity index (χ1v) is 8.16. The van der Waals surface area contributed by atoms with Gasteiger partial charge in [0, 0.05) is 12.6 Å². The minimum absolute atomic E-state index is 0.439. The van der Waals surface area contributed by atoms with Crippen LogP contribution in [0.15, 0.2) is 18.2 Å². The molecule has 0 spiro atoms. The Morgan fingerprint density at radius 2 is 2.10 bits per heavy atom. The van der Waals surface area contributed by atoms with Crippen LogP contribution in [0, 0.1) is 0 Å². The zero-order valence-corrected chi connectivity index (χ0v) is 12.7. The monoisotopic (exact) mass is 309 g/mol. The summed E-state index contributed by atoms with van der Waals surface area (Å²) in [5.41, 5.74) is 2.02. The number of aromatic nitrogens is 2. The summed E-state index contributed by atoms with van der Waals surface area (Å²) in [7, 11) is 0. The van der Waals surface area contributed by atoms with Gasteiger partial charge >= 0.3 is 0 Å². The fourth-order valence-electron chi connectivity index (χ4n) is 3.95. The van der Waals surface area contributed by atoms with Gasteiger partial charge in [0.2, 0.25) is 0 Å². The average molecular weight is 310 g/mol. The number of rotatable bonds is 2. The molecular formula is C15H17Cl2N3. The van der Waals surface area contributed by atoms with E-state index in [0.717, 1.165) is 16.9 Å². The largest absolute Gasteiger partial charge is 0.322 e. The van der Waals surface area contributed by atoms with Crippen molar-refractivity contribution < 1.29 is 0 Å². The summed E-state index contributed by atoms with van der Waals surface area (Å²) in [4.78, 5) is 7.28. The fourth-order valence-corrected chi connectivity index (χ4v) is 4.35. The third-order valence-electron chi connectivity index (χ3n) is 4.77. The van der Waals surface area contributed by atoms with Crippen molar-refractivity contribution in [2.45, 2.75) is 37.2 Å². The van der Waals surface area contributed by atoms with Crippen LogP contribution in [0.2, 0.25) is 5.02 Å². The van der Waals surface area contributed by atoms with E-state index in [1.165, 1.54) is 32.4 Å². The zero-order valence-electron chi connectivity index (χ0n) is 11.2. The molecule has 2 saturated heterocycles. The number of fused-ring (bicyclic) bond motifs is 2. The number of nitrogens with zero attached hydrogens (tertiary/aromatic N) is 3. The van der Waals surface area contributed by atoms with Crippen LogP contribution < -0.4 is 0 Å². The summed E-state index contributed by atoms with van der Waals surface area (Å²) in [6, 6.07) is 7.16. The molecule has 0 bridgehead atoms. The Balaban J connectivity index is 1.88. The van der Waals surface area contributed by atoms with Crippen LogP contribution in [0.25, 0.3) is 11.0 Å². The molecule has 5 heteroatoms. The Bertz CT molecular complexity index is 652. The van der Waals surface area contributed by atoms with E-state index in [9.17, 15) is 0 Å². The van der Waals surface area contributed by atoms with Crippen LogP contribution in [0.3, 0.4) is 0 Å². The maximum atomic E-state index is 6.29. The Labute approximate surface area is 128 Å². The third-order valence-corrected chi connectivity index (χ3v) is 5.31. The maximum Gasteiger partial charge on any atom is 0.125 e. The first-order chi connectivity index (χ1) is 9.79. The highest BCUT2D eigenvalue weighted by Crippen LogP contribution is 2.39. The molecule has 0 aliphatic carbocycles. The highest BCUT2D eigenvalue weighted by Gasteiger charge is 2.39. The van der Waals surface area contributed by atoms with Gasteiger partial charge in [0.05, 0.1) is 22.5 Å². The molecule has 3 heterocycles. The highest BCUT2D eigenvalue weighted by molar-refractivity contribution is 6.35. The molecule has 106 valence electrons. The van der Waals surface area contributed by atoms with Crippen molar-refractivity contribution >= 4 is 34.2 Å². The lowest BCUT2D eigenvalue weighted by Gasteiger charge is -2.23. The van der Waals surface area contributed by atoms with Crippen molar-refractivity contribution in [2.24, 2.45) is 0 Å². The molecule has 1 aromatic carbocycles. The normalized spacial score (nSPS) is 26.5. The van der Waals surface area contributed by atoms with Gasteiger partial charge in [0.15, 0.2) is 0 Å². The summed E-state index contributed by atoms with van der Waals surface area (Å²) in [6.45, 7) is 2.43. The Morgan fingerprint density at radius 3 is 2.95 bits per heavy atom. The smallest absolute Gasteiger partial charge is 0.125 e. The molecule has 20 heavy (non-hydrogen) atoms. The van der Waals surface area contributed by atoms with E-state index < -0.39 is 0 Å². The van der Waals surface area contributed by atoms with Crippen molar-refractivity contribution in [2.75, 3.05) is 13.1 Å². The standard InChI is InChI=1S/C15H17Cl2N3/c16-9-14-18-15-10(17)3-1-4-13(15)20(14)12-6-8-19-7-2-5-11(12)19/h1,3-4,11-12H,2,5-9H2. The molecule has 2 aromatic rings. The Morgan fingerprint density at radius 1 is 1.20 bits per heavy atom. The molecule has 2 aliphatic rings. The number of hydrogen-bond donors (Lipinski definition) is 0. The highest BCUT2D eigenvalue weighted by atomic mass is 35.5. The number of halogens is 2. The lowest BCUT2D eigenvalue weighted by Crippen LogP contribution is -2.28. The van der Waals surface area contributed by atoms with E-state index in [1.807, 2.05) is 12.1 Å². The number of benzene rings is 1. The molecular weight excluding hydrogens is 293 g/mol. The second kappa shape index (κ2) is 4.90. The Hall–Kier alpha value is -0.770. The van der Waals surface area contributed by atoms with Gasteiger partial charge in [-0.2, -0.15) is 0 Å². The second-order valence-electron chi connectivity index (χ2n) is 5.74. The van der Waals surface area contributed by atoms with Crippen LogP contribution in [0.4, 0.5) is 0 Å². The van der Waals surface area contributed by atoms with E-state index >= 15 is 0 Å². The van der Waals surface area contributed by atoms with Gasteiger partial charge in [0.25, 0.3) is 0 Å². The van der Waals surface area contributed by atoms with Crippen LogP contribution >= 0.6 is 23.2 Å². The van der Waals surface area contributed by atoms with Crippen molar-refractivity contribution in [3.63, 3.8) is 0 Å². The summed E-state index contributed by atoms with van der Waals surface area (Å²) in [5, 5.41) is 0.717. The predicted molar refractivity (Wildman–Crippen MR) is 82.5 cm³/mol. The van der Waals surface area contributed by atoms with Gasteiger partial charge in [0.1, 0.15) is 11.3 Å². The predicted octanol–water partition coefficient (Wildman–Crippen LogP) is 3.84. The van der Waals surface area contributed by atoms with Crippen LogP contribution in [0.1, 0.15) is 31.1 Å². The minimum atomic E-state index is 0.439.